The minimum Gasteiger partial charge on any atom is -0.457 e. The maximum Gasteiger partial charge on any atom is 0.331 e. The van der Waals surface area contributed by atoms with Crippen molar-refractivity contribution < 1.29 is 19.1 Å². The SMILES string of the molecule is CC(C)[C@H]1OC(=O)C=C2C1=C[C@H]1OC(=O)[C@@]3(C)CC=C[C@@]2(C)[C@@H]13. The van der Waals surface area contributed by atoms with Gasteiger partial charge in [-0.15, -0.1) is 0 Å². The standard InChI is InChI=1S/C19H22O4/c1-10(2)15-11-8-13-16-18(3,12(11)9-14(20)23-15)6-5-7-19(16,4)17(21)22-13/h5-6,8-10,13,15-16H,7H2,1-4H3/t13-,15-,16-,18-,19+/m1/s1. The van der Waals surface area contributed by atoms with E-state index in [-0.39, 0.29) is 41.4 Å². The lowest BCUT2D eigenvalue weighted by Crippen LogP contribution is -2.50. The van der Waals surface area contributed by atoms with Gasteiger partial charge in [-0.3, -0.25) is 4.79 Å². The predicted octanol–water partition coefficient (Wildman–Crippen LogP) is 2.95. The largest absolute Gasteiger partial charge is 0.457 e. The van der Waals surface area contributed by atoms with Gasteiger partial charge in [0.2, 0.25) is 0 Å². The molecule has 0 aromatic carbocycles. The Bertz CT molecular complexity index is 698. The van der Waals surface area contributed by atoms with Crippen LogP contribution >= 0.6 is 0 Å². The van der Waals surface area contributed by atoms with Gasteiger partial charge in [0, 0.05) is 17.4 Å². The highest BCUT2D eigenvalue weighted by atomic mass is 16.6. The van der Waals surface area contributed by atoms with Gasteiger partial charge >= 0.3 is 11.9 Å². The predicted molar refractivity (Wildman–Crippen MR) is 84.2 cm³/mol. The molecule has 122 valence electrons. The number of cyclic esters (lactones) is 1. The van der Waals surface area contributed by atoms with Crippen molar-refractivity contribution in [2.75, 3.05) is 0 Å². The summed E-state index contributed by atoms with van der Waals surface area (Å²) >= 11 is 0. The van der Waals surface area contributed by atoms with Gasteiger partial charge in [0.1, 0.15) is 12.2 Å². The van der Waals surface area contributed by atoms with Gasteiger partial charge in [0.05, 0.1) is 5.41 Å². The summed E-state index contributed by atoms with van der Waals surface area (Å²) in [5.41, 5.74) is 1.10. The lowest BCUT2D eigenvalue weighted by molar-refractivity contribution is -0.147. The number of carbonyl (C=O) groups excluding carboxylic acids is 2. The van der Waals surface area contributed by atoms with E-state index in [1.54, 1.807) is 6.08 Å². The molecule has 0 unspecified atom stereocenters. The molecular formula is C19H22O4. The van der Waals surface area contributed by atoms with Gasteiger partial charge in [0.15, 0.2) is 0 Å². The molecule has 0 N–H and O–H groups in total. The summed E-state index contributed by atoms with van der Waals surface area (Å²) in [4.78, 5) is 24.6. The van der Waals surface area contributed by atoms with Crippen molar-refractivity contribution in [3.8, 4) is 0 Å². The quantitative estimate of drug-likeness (QED) is 0.551. The van der Waals surface area contributed by atoms with E-state index < -0.39 is 5.41 Å². The molecule has 1 fully saturated rings. The molecule has 2 aliphatic carbocycles. The monoisotopic (exact) mass is 314 g/mol. The topological polar surface area (TPSA) is 52.6 Å². The second-order valence-corrected chi connectivity index (χ2v) is 7.94. The zero-order chi connectivity index (χ0) is 16.6. The minimum absolute atomic E-state index is 0.0289. The number of carbonyl (C=O) groups is 2. The molecule has 23 heavy (non-hydrogen) atoms. The Balaban J connectivity index is 1.95. The second kappa shape index (κ2) is 4.37. The summed E-state index contributed by atoms with van der Waals surface area (Å²) in [7, 11) is 0. The first-order valence-corrected chi connectivity index (χ1v) is 8.31. The van der Waals surface area contributed by atoms with E-state index in [1.807, 2.05) is 26.8 Å². The van der Waals surface area contributed by atoms with Crippen molar-refractivity contribution >= 4 is 11.9 Å². The van der Waals surface area contributed by atoms with Gasteiger partial charge in [-0.2, -0.15) is 0 Å². The molecule has 0 bridgehead atoms. The van der Waals surface area contributed by atoms with Crippen LogP contribution in [0, 0.1) is 22.7 Å². The summed E-state index contributed by atoms with van der Waals surface area (Å²) in [6.07, 6.45) is 8.03. The van der Waals surface area contributed by atoms with Gasteiger partial charge in [-0.05, 0) is 36.5 Å². The van der Waals surface area contributed by atoms with Crippen LogP contribution in [-0.2, 0) is 19.1 Å². The van der Waals surface area contributed by atoms with Crippen molar-refractivity contribution in [3.63, 3.8) is 0 Å². The fraction of sp³-hybridized carbons (Fsp3) is 0.579. The fourth-order valence-electron chi connectivity index (χ4n) is 4.97. The van der Waals surface area contributed by atoms with Gasteiger partial charge in [-0.25, -0.2) is 4.79 Å². The van der Waals surface area contributed by atoms with E-state index in [1.165, 1.54) is 0 Å². The van der Waals surface area contributed by atoms with Crippen LogP contribution in [0.5, 0.6) is 0 Å². The number of ether oxygens (including phenoxy) is 2. The molecule has 5 atom stereocenters. The maximum atomic E-state index is 12.5. The Kier molecular flexibility index (Phi) is 2.80. The Hall–Kier alpha value is -1.84. The normalized spacial score (nSPS) is 44.1. The summed E-state index contributed by atoms with van der Waals surface area (Å²) in [6, 6.07) is 0. The van der Waals surface area contributed by atoms with Crippen LogP contribution < -0.4 is 0 Å². The Morgan fingerprint density at radius 3 is 2.65 bits per heavy atom. The molecular weight excluding hydrogens is 292 g/mol. The summed E-state index contributed by atoms with van der Waals surface area (Å²) < 4.78 is 11.3. The molecule has 4 nitrogen and oxygen atoms in total. The first-order chi connectivity index (χ1) is 10.8. The van der Waals surface area contributed by atoms with Crippen molar-refractivity contribution in [1.29, 1.82) is 0 Å². The molecule has 4 aliphatic rings. The minimum atomic E-state index is -0.522. The lowest BCUT2D eigenvalue weighted by atomic mass is 9.52. The molecule has 0 spiro atoms. The van der Waals surface area contributed by atoms with E-state index in [4.69, 9.17) is 9.47 Å². The third kappa shape index (κ3) is 1.72. The Morgan fingerprint density at radius 2 is 1.96 bits per heavy atom. The third-order valence-electron chi connectivity index (χ3n) is 6.03. The van der Waals surface area contributed by atoms with Gasteiger partial charge in [-0.1, -0.05) is 32.9 Å². The highest BCUT2D eigenvalue weighted by molar-refractivity contribution is 5.88. The molecule has 0 amide bonds. The van der Waals surface area contributed by atoms with Crippen molar-refractivity contribution in [1.82, 2.24) is 0 Å². The first kappa shape index (κ1) is 14.7. The van der Waals surface area contributed by atoms with Crippen LogP contribution in [0.1, 0.15) is 34.1 Å². The number of hydrogen-bond acceptors (Lipinski definition) is 4. The molecule has 0 radical (unpaired) electrons. The molecule has 0 aromatic rings. The van der Waals surface area contributed by atoms with Crippen LogP contribution in [0.3, 0.4) is 0 Å². The lowest BCUT2D eigenvalue weighted by Gasteiger charge is -2.50. The number of esters is 2. The highest BCUT2D eigenvalue weighted by Gasteiger charge is 2.64. The molecule has 0 saturated carbocycles. The number of fused-ring (bicyclic) bond motifs is 2. The molecule has 0 aromatic heterocycles. The van der Waals surface area contributed by atoms with E-state index in [2.05, 4.69) is 19.1 Å². The van der Waals surface area contributed by atoms with Crippen molar-refractivity contribution in [2.24, 2.45) is 22.7 Å². The first-order valence-electron chi connectivity index (χ1n) is 8.31. The summed E-state index contributed by atoms with van der Waals surface area (Å²) in [6.45, 7) is 8.19. The number of rotatable bonds is 1. The summed E-state index contributed by atoms with van der Waals surface area (Å²) in [5.74, 6) is -0.222. The number of allylic oxidation sites excluding steroid dienone is 2. The molecule has 1 saturated heterocycles. The molecule has 4 rings (SSSR count). The molecule has 4 heteroatoms. The average molecular weight is 314 g/mol. The van der Waals surface area contributed by atoms with Crippen molar-refractivity contribution in [2.45, 2.75) is 46.3 Å². The van der Waals surface area contributed by atoms with Crippen LogP contribution in [-0.4, -0.2) is 24.1 Å². The van der Waals surface area contributed by atoms with Crippen LogP contribution in [0.25, 0.3) is 0 Å². The maximum absolute atomic E-state index is 12.5. The van der Waals surface area contributed by atoms with Crippen LogP contribution in [0.2, 0.25) is 0 Å². The fourth-order valence-corrected chi connectivity index (χ4v) is 4.97. The smallest absolute Gasteiger partial charge is 0.331 e. The zero-order valence-electron chi connectivity index (χ0n) is 14.0. The zero-order valence-corrected chi connectivity index (χ0v) is 14.0. The average Bonchev–Trinajstić information content (AvgIpc) is 2.72. The highest BCUT2D eigenvalue weighted by Crippen LogP contribution is 2.62. The van der Waals surface area contributed by atoms with Gasteiger partial charge < -0.3 is 9.47 Å². The Morgan fingerprint density at radius 1 is 1.22 bits per heavy atom. The van der Waals surface area contributed by atoms with E-state index in [9.17, 15) is 9.59 Å². The second-order valence-electron chi connectivity index (χ2n) is 7.94. The molecule has 2 aliphatic heterocycles. The van der Waals surface area contributed by atoms with Crippen LogP contribution in [0.15, 0.2) is 35.5 Å². The van der Waals surface area contributed by atoms with E-state index in [0.29, 0.717) is 6.42 Å². The molecule has 2 heterocycles. The van der Waals surface area contributed by atoms with E-state index in [0.717, 1.165) is 11.1 Å². The third-order valence-corrected chi connectivity index (χ3v) is 6.03. The van der Waals surface area contributed by atoms with Gasteiger partial charge in [0.25, 0.3) is 0 Å². The summed E-state index contributed by atoms with van der Waals surface area (Å²) in [5, 5.41) is 0. The Labute approximate surface area is 136 Å². The van der Waals surface area contributed by atoms with Crippen molar-refractivity contribution in [3.05, 3.63) is 35.5 Å². The van der Waals surface area contributed by atoms with E-state index >= 15 is 0 Å². The van der Waals surface area contributed by atoms with Crippen LogP contribution in [0.4, 0.5) is 0 Å². The number of hydrogen-bond donors (Lipinski definition) is 0.